The lowest BCUT2D eigenvalue weighted by Gasteiger charge is -2.12. The number of aromatic hydroxyl groups is 1. The van der Waals surface area contributed by atoms with E-state index in [0.717, 1.165) is 33.2 Å². The van der Waals surface area contributed by atoms with Crippen LogP contribution in [0.25, 0.3) is 16.5 Å². The van der Waals surface area contributed by atoms with Gasteiger partial charge in [-0.25, -0.2) is 9.78 Å². The Bertz CT molecular complexity index is 1320. The Hall–Kier alpha value is -3.57. The normalized spacial score (nSPS) is 10.9. The Kier molecular flexibility index (Phi) is 5.53. The van der Waals surface area contributed by atoms with Gasteiger partial charge in [0, 0.05) is 10.4 Å². The molecule has 0 saturated heterocycles. The zero-order valence-corrected chi connectivity index (χ0v) is 17.9. The molecule has 2 aromatic carbocycles. The first-order chi connectivity index (χ1) is 14.9. The van der Waals surface area contributed by atoms with Gasteiger partial charge in [-0.3, -0.25) is 0 Å². The highest BCUT2D eigenvalue weighted by Crippen LogP contribution is 2.41. The van der Waals surface area contributed by atoms with Crippen molar-refractivity contribution in [1.82, 2.24) is 9.55 Å². The predicted molar refractivity (Wildman–Crippen MR) is 123 cm³/mol. The SMILES string of the molecule is CC(C)=C(c1ccc(Cl)cc1)c1c(O)n(Cc2cccc(C(=O)O)n2)c2ccccc12. The molecule has 2 aromatic heterocycles. The van der Waals surface area contributed by atoms with Crippen LogP contribution in [0.1, 0.15) is 41.2 Å². The van der Waals surface area contributed by atoms with Gasteiger partial charge in [-0.2, -0.15) is 0 Å². The van der Waals surface area contributed by atoms with Gasteiger partial charge in [0.1, 0.15) is 5.69 Å². The summed E-state index contributed by atoms with van der Waals surface area (Å²) < 4.78 is 1.76. The molecule has 31 heavy (non-hydrogen) atoms. The van der Waals surface area contributed by atoms with E-state index in [0.29, 0.717) is 10.7 Å². The fourth-order valence-corrected chi connectivity index (χ4v) is 3.97. The minimum absolute atomic E-state index is 0.0279. The number of carboxylic acids is 1. The lowest BCUT2D eigenvalue weighted by molar-refractivity contribution is 0.0690. The van der Waals surface area contributed by atoms with Crippen LogP contribution in [0.4, 0.5) is 0 Å². The van der Waals surface area contributed by atoms with Crippen LogP contribution in [-0.2, 0) is 6.54 Å². The second kappa shape index (κ2) is 8.28. The minimum Gasteiger partial charge on any atom is -0.494 e. The fourth-order valence-electron chi connectivity index (χ4n) is 3.84. The number of hydrogen-bond acceptors (Lipinski definition) is 3. The first-order valence-corrected chi connectivity index (χ1v) is 10.2. The second-order valence-corrected chi connectivity index (χ2v) is 7.94. The van der Waals surface area contributed by atoms with Crippen molar-refractivity contribution in [3.63, 3.8) is 0 Å². The molecule has 0 radical (unpaired) electrons. The quantitative estimate of drug-likeness (QED) is 0.406. The Balaban J connectivity index is 1.91. The highest BCUT2D eigenvalue weighted by Gasteiger charge is 2.22. The summed E-state index contributed by atoms with van der Waals surface area (Å²) in [6, 6.07) is 20.2. The van der Waals surface area contributed by atoms with E-state index in [9.17, 15) is 15.0 Å². The van der Waals surface area contributed by atoms with Crippen LogP contribution in [0.5, 0.6) is 5.88 Å². The average Bonchev–Trinajstić information content (AvgIpc) is 3.02. The van der Waals surface area contributed by atoms with E-state index < -0.39 is 5.97 Å². The third-order valence-electron chi connectivity index (χ3n) is 5.17. The highest BCUT2D eigenvalue weighted by molar-refractivity contribution is 6.30. The van der Waals surface area contributed by atoms with Crippen molar-refractivity contribution in [1.29, 1.82) is 0 Å². The van der Waals surface area contributed by atoms with Crippen molar-refractivity contribution in [3.8, 4) is 5.88 Å². The molecule has 0 aliphatic carbocycles. The van der Waals surface area contributed by atoms with Gasteiger partial charge < -0.3 is 14.8 Å². The summed E-state index contributed by atoms with van der Waals surface area (Å²) in [4.78, 5) is 15.5. The lowest BCUT2D eigenvalue weighted by atomic mass is 9.93. The van der Waals surface area contributed by atoms with Crippen LogP contribution in [0.3, 0.4) is 0 Å². The van der Waals surface area contributed by atoms with Crippen LogP contribution in [-0.4, -0.2) is 25.7 Å². The minimum atomic E-state index is -1.08. The third kappa shape index (κ3) is 3.92. The molecule has 0 fully saturated rings. The largest absolute Gasteiger partial charge is 0.494 e. The van der Waals surface area contributed by atoms with E-state index in [1.165, 1.54) is 6.07 Å². The summed E-state index contributed by atoms with van der Waals surface area (Å²) in [5.41, 5.74) is 5.02. The van der Waals surface area contributed by atoms with E-state index in [-0.39, 0.29) is 18.1 Å². The number of benzene rings is 2. The van der Waals surface area contributed by atoms with Crippen LogP contribution in [0.2, 0.25) is 5.02 Å². The number of aromatic carboxylic acids is 1. The molecule has 0 atom stereocenters. The first kappa shape index (κ1) is 20.7. The number of hydrogen-bond donors (Lipinski definition) is 2. The monoisotopic (exact) mass is 432 g/mol. The molecule has 156 valence electrons. The topological polar surface area (TPSA) is 75.4 Å². The average molecular weight is 433 g/mol. The Labute approximate surface area is 184 Å². The number of nitrogens with zero attached hydrogens (tertiary/aromatic N) is 2. The number of halogens is 1. The number of aromatic nitrogens is 2. The number of rotatable bonds is 5. The standard InChI is InChI=1S/C25H21ClN2O3/c1-15(2)22(16-10-12-17(26)13-11-16)23-19-7-3-4-9-21(19)28(24(23)29)14-18-6-5-8-20(27-18)25(30)31/h3-13,29H,14H2,1-2H3,(H,30,31). The Morgan fingerprint density at radius 3 is 2.39 bits per heavy atom. The number of pyridine rings is 1. The molecule has 0 unspecified atom stereocenters. The van der Waals surface area contributed by atoms with E-state index in [1.54, 1.807) is 16.7 Å². The molecule has 2 N–H and O–H groups in total. The van der Waals surface area contributed by atoms with Crippen molar-refractivity contribution in [2.75, 3.05) is 0 Å². The maximum absolute atomic E-state index is 11.3. The number of allylic oxidation sites excluding steroid dienone is 1. The molecule has 4 aromatic rings. The van der Waals surface area contributed by atoms with Crippen LogP contribution in [0, 0.1) is 0 Å². The van der Waals surface area contributed by atoms with Crippen LogP contribution >= 0.6 is 11.6 Å². The molecular weight excluding hydrogens is 412 g/mol. The summed E-state index contributed by atoms with van der Waals surface area (Å²) in [6.45, 7) is 4.25. The van der Waals surface area contributed by atoms with E-state index in [2.05, 4.69) is 4.98 Å². The highest BCUT2D eigenvalue weighted by atomic mass is 35.5. The van der Waals surface area contributed by atoms with Crippen molar-refractivity contribution >= 4 is 34.0 Å². The lowest BCUT2D eigenvalue weighted by Crippen LogP contribution is -2.06. The molecule has 6 heteroatoms. The predicted octanol–water partition coefficient (Wildman–Crippen LogP) is 5.98. The summed E-state index contributed by atoms with van der Waals surface area (Å²) in [6.07, 6.45) is 0. The molecular formula is C25H21ClN2O3. The molecule has 0 aliphatic rings. The van der Waals surface area contributed by atoms with Gasteiger partial charge >= 0.3 is 5.97 Å². The smallest absolute Gasteiger partial charge is 0.354 e. The summed E-state index contributed by atoms with van der Waals surface area (Å²) in [5.74, 6) is -0.978. The number of carbonyl (C=O) groups is 1. The van der Waals surface area contributed by atoms with Gasteiger partial charge in [-0.05, 0) is 55.3 Å². The third-order valence-corrected chi connectivity index (χ3v) is 5.42. The van der Waals surface area contributed by atoms with E-state index >= 15 is 0 Å². The molecule has 0 bridgehead atoms. The van der Waals surface area contributed by atoms with Gasteiger partial charge in [-0.15, -0.1) is 0 Å². The van der Waals surface area contributed by atoms with Crippen LogP contribution in [0.15, 0.2) is 72.3 Å². The Morgan fingerprint density at radius 2 is 1.71 bits per heavy atom. The number of carboxylic acid groups (broad SMARTS) is 1. The van der Waals surface area contributed by atoms with Crippen molar-refractivity contribution in [2.45, 2.75) is 20.4 Å². The molecule has 0 amide bonds. The van der Waals surface area contributed by atoms with Gasteiger partial charge in [0.2, 0.25) is 5.88 Å². The van der Waals surface area contributed by atoms with Gasteiger partial charge in [0.15, 0.2) is 0 Å². The zero-order chi connectivity index (χ0) is 22.1. The summed E-state index contributed by atoms with van der Waals surface area (Å²) in [7, 11) is 0. The molecule has 0 aliphatic heterocycles. The van der Waals surface area contributed by atoms with Crippen LogP contribution < -0.4 is 0 Å². The summed E-state index contributed by atoms with van der Waals surface area (Å²) >= 11 is 6.08. The molecule has 2 heterocycles. The number of fused-ring (bicyclic) bond motifs is 1. The van der Waals surface area contributed by atoms with Crippen molar-refractivity contribution < 1.29 is 15.0 Å². The van der Waals surface area contributed by atoms with Crippen molar-refractivity contribution in [3.05, 3.63) is 99.8 Å². The zero-order valence-electron chi connectivity index (χ0n) is 17.1. The number of para-hydroxylation sites is 1. The fraction of sp³-hybridized carbons (Fsp3) is 0.120. The van der Waals surface area contributed by atoms with Gasteiger partial charge in [0.25, 0.3) is 0 Å². The maximum atomic E-state index is 11.3. The molecule has 0 saturated carbocycles. The van der Waals surface area contributed by atoms with Gasteiger partial charge in [0.05, 0.1) is 23.3 Å². The summed E-state index contributed by atoms with van der Waals surface area (Å²) in [5, 5.41) is 22.1. The second-order valence-electron chi connectivity index (χ2n) is 7.50. The van der Waals surface area contributed by atoms with Gasteiger partial charge in [-0.1, -0.05) is 53.6 Å². The first-order valence-electron chi connectivity index (χ1n) is 9.80. The van der Waals surface area contributed by atoms with E-state index in [4.69, 9.17) is 11.6 Å². The Morgan fingerprint density at radius 1 is 1.00 bits per heavy atom. The molecule has 0 spiro atoms. The molecule has 4 rings (SSSR count). The van der Waals surface area contributed by atoms with E-state index in [1.807, 2.05) is 62.4 Å². The molecule has 5 nitrogen and oxygen atoms in total. The maximum Gasteiger partial charge on any atom is 0.354 e. The van der Waals surface area contributed by atoms with Crippen molar-refractivity contribution in [2.24, 2.45) is 0 Å².